The molecule has 0 atom stereocenters. The zero-order valence-corrected chi connectivity index (χ0v) is 12.3. The van der Waals surface area contributed by atoms with Crippen LogP contribution in [0.3, 0.4) is 0 Å². The summed E-state index contributed by atoms with van der Waals surface area (Å²) in [6.07, 6.45) is 2.43. The van der Waals surface area contributed by atoms with Crippen molar-refractivity contribution in [1.82, 2.24) is 10.3 Å². The van der Waals surface area contributed by atoms with Crippen LogP contribution in [0, 0.1) is 0 Å². The van der Waals surface area contributed by atoms with Crippen molar-refractivity contribution < 1.29 is 0 Å². The van der Waals surface area contributed by atoms with Gasteiger partial charge in [0.15, 0.2) is 0 Å². The van der Waals surface area contributed by atoms with Crippen molar-refractivity contribution in [3.05, 3.63) is 34.8 Å². The van der Waals surface area contributed by atoms with E-state index in [9.17, 15) is 0 Å². The van der Waals surface area contributed by atoms with Crippen LogP contribution in [0.2, 0.25) is 0 Å². The highest BCUT2D eigenvalue weighted by molar-refractivity contribution is 7.13. The lowest BCUT2D eigenvalue weighted by molar-refractivity contribution is 0.745. The Morgan fingerprint density at radius 2 is 2.32 bits per heavy atom. The van der Waals surface area contributed by atoms with Gasteiger partial charge in [0.25, 0.3) is 0 Å². The Hall–Kier alpha value is -1.39. The zero-order valence-electron chi connectivity index (χ0n) is 11.4. The van der Waals surface area contributed by atoms with Crippen molar-refractivity contribution in [3.63, 3.8) is 0 Å². The van der Waals surface area contributed by atoms with Gasteiger partial charge in [-0.15, -0.1) is 11.3 Å². The third-order valence-corrected chi connectivity index (χ3v) is 4.53. The molecule has 0 saturated heterocycles. The maximum absolute atomic E-state index is 4.68. The molecule has 0 saturated carbocycles. The van der Waals surface area contributed by atoms with Crippen molar-refractivity contribution in [3.8, 4) is 10.6 Å². The third kappa shape index (κ3) is 2.51. The number of benzene rings is 1. The minimum absolute atomic E-state index is 0.837. The first kappa shape index (κ1) is 12.6. The second kappa shape index (κ2) is 5.31. The molecule has 0 fully saturated rings. The molecule has 0 aliphatic carbocycles. The summed E-state index contributed by atoms with van der Waals surface area (Å²) in [6, 6.07) is 6.75. The van der Waals surface area contributed by atoms with Gasteiger partial charge in [0.1, 0.15) is 5.01 Å². The Balaban J connectivity index is 1.92. The van der Waals surface area contributed by atoms with Gasteiger partial charge in [0, 0.05) is 36.8 Å². The molecule has 19 heavy (non-hydrogen) atoms. The number of hydrogen-bond acceptors (Lipinski definition) is 4. The summed E-state index contributed by atoms with van der Waals surface area (Å²) in [5.41, 5.74) is 5.21. The Bertz CT molecular complexity index is 577. The summed E-state index contributed by atoms with van der Waals surface area (Å²) >= 11 is 1.73. The molecule has 3 nitrogen and oxygen atoms in total. The average Bonchev–Trinajstić information content (AvgIpc) is 2.88. The highest BCUT2D eigenvalue weighted by Gasteiger charge is 2.15. The molecule has 1 N–H and O–H groups in total. The third-order valence-electron chi connectivity index (χ3n) is 3.59. The van der Waals surface area contributed by atoms with E-state index in [1.54, 1.807) is 11.3 Å². The predicted octanol–water partition coefficient (Wildman–Crippen LogP) is 2.91. The minimum atomic E-state index is 0.837. The van der Waals surface area contributed by atoms with Crippen LogP contribution in [-0.4, -0.2) is 25.6 Å². The van der Waals surface area contributed by atoms with Gasteiger partial charge in [-0.2, -0.15) is 0 Å². The molecule has 1 aromatic carbocycles. The number of fused-ring (bicyclic) bond motifs is 1. The monoisotopic (exact) mass is 273 g/mol. The lowest BCUT2D eigenvalue weighted by Crippen LogP contribution is -2.24. The van der Waals surface area contributed by atoms with E-state index >= 15 is 0 Å². The van der Waals surface area contributed by atoms with E-state index in [1.807, 2.05) is 7.05 Å². The summed E-state index contributed by atoms with van der Waals surface area (Å²) < 4.78 is 0. The topological polar surface area (TPSA) is 28.2 Å². The molecule has 0 spiro atoms. The first-order valence-corrected chi connectivity index (χ1v) is 7.59. The molecule has 0 bridgehead atoms. The smallest absolute Gasteiger partial charge is 0.123 e. The number of aromatic nitrogens is 1. The molecule has 0 amide bonds. The Labute approximate surface area is 118 Å². The van der Waals surface area contributed by atoms with Gasteiger partial charge in [-0.25, -0.2) is 4.98 Å². The van der Waals surface area contributed by atoms with Crippen LogP contribution < -0.4 is 10.2 Å². The fraction of sp³-hybridized carbons (Fsp3) is 0.400. The first-order chi connectivity index (χ1) is 9.28. The van der Waals surface area contributed by atoms with E-state index in [1.165, 1.54) is 29.7 Å². The number of rotatable bonds is 3. The van der Waals surface area contributed by atoms with E-state index in [-0.39, 0.29) is 0 Å². The Morgan fingerprint density at radius 3 is 3.16 bits per heavy atom. The van der Waals surface area contributed by atoms with Crippen LogP contribution in [0.25, 0.3) is 10.6 Å². The van der Waals surface area contributed by atoms with Gasteiger partial charge < -0.3 is 10.2 Å². The Kier molecular flexibility index (Phi) is 3.53. The Morgan fingerprint density at radius 1 is 1.42 bits per heavy atom. The molecule has 1 aliphatic heterocycles. The molecular formula is C15H19N3S. The van der Waals surface area contributed by atoms with Crippen LogP contribution in [0.15, 0.2) is 23.6 Å². The summed E-state index contributed by atoms with van der Waals surface area (Å²) in [7, 11) is 4.12. The number of thiazole rings is 1. The van der Waals surface area contributed by atoms with E-state index in [4.69, 9.17) is 0 Å². The SMILES string of the molecule is CNCc1csc(-c2ccc3c(c2)CCCN3C)n1. The molecular weight excluding hydrogens is 254 g/mol. The zero-order chi connectivity index (χ0) is 13.2. The molecule has 0 radical (unpaired) electrons. The second-order valence-corrected chi connectivity index (χ2v) is 5.90. The normalized spacial score (nSPS) is 14.5. The summed E-state index contributed by atoms with van der Waals surface area (Å²) in [5, 5.41) is 6.40. The fourth-order valence-corrected chi connectivity index (χ4v) is 3.44. The lowest BCUT2D eigenvalue weighted by Gasteiger charge is -2.27. The average molecular weight is 273 g/mol. The number of hydrogen-bond donors (Lipinski definition) is 1. The quantitative estimate of drug-likeness (QED) is 0.932. The number of nitrogens with one attached hydrogen (secondary N) is 1. The van der Waals surface area contributed by atoms with Gasteiger partial charge in [-0.05, 0) is 43.7 Å². The summed E-state index contributed by atoms with van der Waals surface area (Å²) in [5.74, 6) is 0. The molecule has 0 unspecified atom stereocenters. The van der Waals surface area contributed by atoms with Gasteiger partial charge in [0.2, 0.25) is 0 Å². The molecule has 1 aromatic heterocycles. The highest BCUT2D eigenvalue weighted by Crippen LogP contribution is 2.32. The van der Waals surface area contributed by atoms with E-state index < -0.39 is 0 Å². The van der Waals surface area contributed by atoms with Crippen molar-refractivity contribution in [2.75, 3.05) is 25.5 Å². The highest BCUT2D eigenvalue weighted by atomic mass is 32.1. The number of nitrogens with zero attached hydrogens (tertiary/aromatic N) is 2. The molecule has 1 aliphatic rings. The van der Waals surface area contributed by atoms with Crippen molar-refractivity contribution in [2.24, 2.45) is 0 Å². The number of aryl methyl sites for hydroxylation is 1. The summed E-state index contributed by atoms with van der Waals surface area (Å²) in [4.78, 5) is 7.02. The van der Waals surface area contributed by atoms with Crippen LogP contribution in [0.1, 0.15) is 17.7 Å². The van der Waals surface area contributed by atoms with Crippen molar-refractivity contribution >= 4 is 17.0 Å². The molecule has 2 heterocycles. The second-order valence-electron chi connectivity index (χ2n) is 5.04. The van der Waals surface area contributed by atoms with Crippen LogP contribution in [0.5, 0.6) is 0 Å². The van der Waals surface area contributed by atoms with E-state index in [0.29, 0.717) is 0 Å². The minimum Gasteiger partial charge on any atom is -0.374 e. The maximum Gasteiger partial charge on any atom is 0.123 e. The van der Waals surface area contributed by atoms with Crippen LogP contribution >= 0.6 is 11.3 Å². The molecule has 3 rings (SSSR count). The molecule has 100 valence electrons. The fourth-order valence-electron chi connectivity index (χ4n) is 2.62. The molecule has 2 aromatic rings. The predicted molar refractivity (Wildman–Crippen MR) is 81.9 cm³/mol. The van der Waals surface area contributed by atoms with Crippen molar-refractivity contribution in [1.29, 1.82) is 0 Å². The summed E-state index contributed by atoms with van der Waals surface area (Å²) in [6.45, 7) is 2.00. The van der Waals surface area contributed by atoms with E-state index in [2.05, 4.69) is 45.8 Å². The van der Waals surface area contributed by atoms with Gasteiger partial charge in [0.05, 0.1) is 5.69 Å². The van der Waals surface area contributed by atoms with E-state index in [0.717, 1.165) is 23.8 Å². The van der Waals surface area contributed by atoms with Gasteiger partial charge in [-0.1, -0.05) is 0 Å². The number of anilines is 1. The maximum atomic E-state index is 4.68. The standard InChI is InChI=1S/C15H19N3S/c1-16-9-13-10-19-15(17-13)12-5-6-14-11(8-12)4-3-7-18(14)2/h5-6,8,10,16H,3-4,7,9H2,1-2H3. The van der Waals surface area contributed by atoms with Crippen molar-refractivity contribution in [2.45, 2.75) is 19.4 Å². The lowest BCUT2D eigenvalue weighted by atomic mass is 10.00. The van der Waals surface area contributed by atoms with Gasteiger partial charge >= 0.3 is 0 Å². The van der Waals surface area contributed by atoms with Crippen LogP contribution in [0.4, 0.5) is 5.69 Å². The van der Waals surface area contributed by atoms with Gasteiger partial charge in [-0.3, -0.25) is 0 Å². The first-order valence-electron chi connectivity index (χ1n) is 6.71. The molecule has 4 heteroatoms. The largest absolute Gasteiger partial charge is 0.374 e. The van der Waals surface area contributed by atoms with Crippen LogP contribution in [-0.2, 0) is 13.0 Å².